The van der Waals surface area contributed by atoms with Crippen molar-refractivity contribution in [2.75, 3.05) is 18.0 Å². The predicted octanol–water partition coefficient (Wildman–Crippen LogP) is 1.38. The number of carbonyl (C=O) groups excluding carboxylic acids is 2. The number of amides is 3. The SMILES string of the molecule is CC(C)C(C)NC(=O)Cc1csc(N2CCNC2=O)n1. The Labute approximate surface area is 122 Å². The van der Waals surface area contributed by atoms with E-state index in [0.717, 1.165) is 0 Å². The van der Waals surface area contributed by atoms with Crippen LogP contribution in [0.5, 0.6) is 0 Å². The van der Waals surface area contributed by atoms with Crippen molar-refractivity contribution in [3.8, 4) is 0 Å². The second-order valence-corrected chi connectivity index (χ2v) is 6.12. The number of urea groups is 1. The van der Waals surface area contributed by atoms with Gasteiger partial charge in [-0.05, 0) is 12.8 Å². The molecule has 2 rings (SSSR count). The Kier molecular flexibility index (Phi) is 4.59. The highest BCUT2D eigenvalue weighted by molar-refractivity contribution is 7.14. The van der Waals surface area contributed by atoms with Crippen LogP contribution in [0.1, 0.15) is 26.5 Å². The van der Waals surface area contributed by atoms with E-state index in [9.17, 15) is 9.59 Å². The Morgan fingerprint density at radius 1 is 1.55 bits per heavy atom. The minimum Gasteiger partial charge on any atom is -0.353 e. The summed E-state index contributed by atoms with van der Waals surface area (Å²) in [4.78, 5) is 29.4. The molecule has 1 aromatic rings. The first kappa shape index (κ1) is 14.8. The quantitative estimate of drug-likeness (QED) is 0.862. The standard InChI is InChI=1S/C13H20N4O2S/c1-8(2)9(3)15-11(18)6-10-7-20-13(16-10)17-5-4-14-12(17)19/h7-9H,4-6H2,1-3H3,(H,14,19)(H,15,18). The molecule has 2 heterocycles. The van der Waals surface area contributed by atoms with Crippen molar-refractivity contribution in [2.45, 2.75) is 33.2 Å². The Bertz CT molecular complexity index is 500. The summed E-state index contributed by atoms with van der Waals surface area (Å²) in [5, 5.41) is 8.17. The van der Waals surface area contributed by atoms with Gasteiger partial charge in [0.1, 0.15) is 0 Å². The van der Waals surface area contributed by atoms with Crippen molar-refractivity contribution < 1.29 is 9.59 Å². The number of rotatable bonds is 5. The fourth-order valence-corrected chi connectivity index (χ4v) is 2.64. The molecule has 1 saturated heterocycles. The first-order valence-electron chi connectivity index (χ1n) is 6.76. The third-order valence-corrected chi connectivity index (χ3v) is 4.27. The van der Waals surface area contributed by atoms with E-state index in [1.54, 1.807) is 4.90 Å². The van der Waals surface area contributed by atoms with Crippen molar-refractivity contribution in [1.29, 1.82) is 0 Å². The Balaban J connectivity index is 1.92. The van der Waals surface area contributed by atoms with Crippen LogP contribution in [0.4, 0.5) is 9.93 Å². The van der Waals surface area contributed by atoms with E-state index in [1.165, 1.54) is 11.3 Å². The molecule has 3 amide bonds. The molecular weight excluding hydrogens is 276 g/mol. The van der Waals surface area contributed by atoms with E-state index in [0.29, 0.717) is 29.8 Å². The van der Waals surface area contributed by atoms with Crippen molar-refractivity contribution in [3.63, 3.8) is 0 Å². The average Bonchev–Trinajstić information content (AvgIpc) is 2.97. The summed E-state index contributed by atoms with van der Waals surface area (Å²) in [6.45, 7) is 7.39. The van der Waals surface area contributed by atoms with E-state index in [-0.39, 0.29) is 24.4 Å². The van der Waals surface area contributed by atoms with Gasteiger partial charge in [-0.25, -0.2) is 9.78 Å². The van der Waals surface area contributed by atoms with Crippen LogP contribution in [0.3, 0.4) is 0 Å². The van der Waals surface area contributed by atoms with Crippen molar-refractivity contribution in [1.82, 2.24) is 15.6 Å². The van der Waals surface area contributed by atoms with Crippen LogP contribution in [-0.4, -0.2) is 36.1 Å². The third kappa shape index (κ3) is 3.47. The van der Waals surface area contributed by atoms with Crippen LogP contribution >= 0.6 is 11.3 Å². The van der Waals surface area contributed by atoms with Gasteiger partial charge in [0, 0.05) is 24.5 Å². The number of nitrogens with zero attached hydrogens (tertiary/aromatic N) is 2. The molecule has 1 fully saturated rings. The number of aromatic nitrogens is 1. The highest BCUT2D eigenvalue weighted by Gasteiger charge is 2.24. The molecule has 0 bridgehead atoms. The minimum absolute atomic E-state index is 0.0334. The maximum Gasteiger partial charge on any atom is 0.323 e. The van der Waals surface area contributed by atoms with Gasteiger partial charge in [0.25, 0.3) is 0 Å². The zero-order valence-electron chi connectivity index (χ0n) is 12.0. The first-order chi connectivity index (χ1) is 9.47. The molecule has 1 aliphatic rings. The maximum atomic E-state index is 11.9. The van der Waals surface area contributed by atoms with Crippen LogP contribution in [0.2, 0.25) is 0 Å². The van der Waals surface area contributed by atoms with Gasteiger partial charge in [-0.15, -0.1) is 11.3 Å². The van der Waals surface area contributed by atoms with Gasteiger partial charge < -0.3 is 10.6 Å². The van der Waals surface area contributed by atoms with Crippen molar-refractivity contribution in [2.24, 2.45) is 5.92 Å². The van der Waals surface area contributed by atoms with Gasteiger partial charge in [-0.2, -0.15) is 0 Å². The van der Waals surface area contributed by atoms with Gasteiger partial charge in [0.15, 0.2) is 5.13 Å². The van der Waals surface area contributed by atoms with Gasteiger partial charge in [-0.1, -0.05) is 13.8 Å². The summed E-state index contributed by atoms with van der Waals surface area (Å²) >= 11 is 1.39. The molecule has 7 heteroatoms. The molecule has 1 aliphatic heterocycles. The smallest absolute Gasteiger partial charge is 0.323 e. The molecule has 1 aromatic heterocycles. The molecule has 1 unspecified atom stereocenters. The zero-order chi connectivity index (χ0) is 14.7. The number of thiazole rings is 1. The van der Waals surface area contributed by atoms with E-state index < -0.39 is 0 Å². The molecular formula is C13H20N4O2S. The molecule has 110 valence electrons. The summed E-state index contributed by atoms with van der Waals surface area (Å²) < 4.78 is 0. The largest absolute Gasteiger partial charge is 0.353 e. The number of anilines is 1. The third-order valence-electron chi connectivity index (χ3n) is 3.36. The van der Waals surface area contributed by atoms with Gasteiger partial charge in [0.2, 0.25) is 5.91 Å². The monoisotopic (exact) mass is 296 g/mol. The topological polar surface area (TPSA) is 74.3 Å². The Hall–Kier alpha value is -1.63. The molecule has 20 heavy (non-hydrogen) atoms. The van der Waals surface area contributed by atoms with E-state index in [2.05, 4.69) is 29.5 Å². The van der Waals surface area contributed by atoms with Crippen LogP contribution in [0.25, 0.3) is 0 Å². The molecule has 0 spiro atoms. The number of hydrogen-bond acceptors (Lipinski definition) is 4. The highest BCUT2D eigenvalue weighted by Crippen LogP contribution is 2.22. The molecule has 6 nitrogen and oxygen atoms in total. The van der Waals surface area contributed by atoms with Crippen LogP contribution in [0.15, 0.2) is 5.38 Å². The van der Waals surface area contributed by atoms with Crippen LogP contribution < -0.4 is 15.5 Å². The Morgan fingerprint density at radius 3 is 2.90 bits per heavy atom. The summed E-state index contributed by atoms with van der Waals surface area (Å²) in [5.41, 5.74) is 0.707. The molecule has 0 aliphatic carbocycles. The summed E-state index contributed by atoms with van der Waals surface area (Å²) in [5.74, 6) is 0.368. The summed E-state index contributed by atoms with van der Waals surface area (Å²) in [7, 11) is 0. The van der Waals surface area contributed by atoms with Gasteiger partial charge >= 0.3 is 6.03 Å². The fourth-order valence-electron chi connectivity index (χ4n) is 1.79. The van der Waals surface area contributed by atoms with Crippen molar-refractivity contribution >= 4 is 28.4 Å². The lowest BCUT2D eigenvalue weighted by Crippen LogP contribution is -2.37. The van der Waals surface area contributed by atoms with Gasteiger partial charge in [-0.3, -0.25) is 9.69 Å². The molecule has 0 radical (unpaired) electrons. The zero-order valence-corrected chi connectivity index (χ0v) is 12.8. The van der Waals surface area contributed by atoms with E-state index >= 15 is 0 Å². The van der Waals surface area contributed by atoms with Crippen molar-refractivity contribution in [3.05, 3.63) is 11.1 Å². The van der Waals surface area contributed by atoms with Crippen LogP contribution in [0, 0.1) is 5.92 Å². The minimum atomic E-state index is -0.121. The molecule has 0 aromatic carbocycles. The normalized spacial score (nSPS) is 16.4. The maximum absolute atomic E-state index is 11.9. The number of carbonyl (C=O) groups is 2. The lowest BCUT2D eigenvalue weighted by Gasteiger charge is -2.16. The summed E-state index contributed by atoms with van der Waals surface area (Å²) in [6, 6.07) is 0.0220. The van der Waals surface area contributed by atoms with E-state index in [4.69, 9.17) is 0 Å². The molecule has 2 N–H and O–H groups in total. The van der Waals surface area contributed by atoms with Gasteiger partial charge in [0.05, 0.1) is 12.1 Å². The highest BCUT2D eigenvalue weighted by atomic mass is 32.1. The predicted molar refractivity (Wildman–Crippen MR) is 79.0 cm³/mol. The molecule has 0 saturated carbocycles. The second kappa shape index (κ2) is 6.21. The summed E-state index contributed by atoms with van der Waals surface area (Å²) in [6.07, 6.45) is 0.253. The number of hydrogen-bond donors (Lipinski definition) is 2. The lowest BCUT2D eigenvalue weighted by atomic mass is 10.1. The lowest BCUT2D eigenvalue weighted by molar-refractivity contribution is -0.121. The fraction of sp³-hybridized carbons (Fsp3) is 0.615. The van der Waals surface area contributed by atoms with E-state index in [1.807, 2.05) is 12.3 Å². The molecule has 1 atom stereocenters. The average molecular weight is 296 g/mol. The number of nitrogens with one attached hydrogen (secondary N) is 2. The Morgan fingerprint density at radius 2 is 2.30 bits per heavy atom. The first-order valence-corrected chi connectivity index (χ1v) is 7.64. The van der Waals surface area contributed by atoms with Crippen LogP contribution in [-0.2, 0) is 11.2 Å². The second-order valence-electron chi connectivity index (χ2n) is 5.28.